The molecule has 102 valence electrons. The van der Waals surface area contributed by atoms with Crippen LogP contribution in [-0.2, 0) is 13.5 Å². The summed E-state index contributed by atoms with van der Waals surface area (Å²) >= 11 is 2.06. The molecule has 1 aliphatic carbocycles. The first-order chi connectivity index (χ1) is 8.67. The third kappa shape index (κ3) is 2.60. The first kappa shape index (κ1) is 13.6. The molecule has 1 fully saturated rings. The second-order valence-electron chi connectivity index (χ2n) is 4.86. The van der Waals surface area contributed by atoms with Gasteiger partial charge in [-0.2, -0.15) is 16.9 Å². The zero-order valence-electron chi connectivity index (χ0n) is 11.6. The van der Waals surface area contributed by atoms with Crippen LogP contribution >= 0.6 is 11.8 Å². The Kier molecular flexibility index (Phi) is 4.43. The maximum atomic E-state index is 6.16. The monoisotopic (exact) mass is 268 g/mol. The van der Waals surface area contributed by atoms with Crippen molar-refractivity contribution < 1.29 is 0 Å². The average molecular weight is 268 g/mol. The van der Waals surface area contributed by atoms with Crippen LogP contribution in [0, 0.1) is 0 Å². The molecule has 4 nitrogen and oxygen atoms in total. The van der Waals surface area contributed by atoms with E-state index in [1.165, 1.54) is 25.0 Å². The molecule has 5 heteroatoms. The Hall–Kier alpha value is -0.840. The minimum Gasteiger partial charge on any atom is -0.394 e. The lowest BCUT2D eigenvalue weighted by molar-refractivity contribution is 0.711. The molecular weight excluding hydrogens is 244 g/mol. The molecule has 1 aromatic rings. The van der Waals surface area contributed by atoms with Gasteiger partial charge in [-0.25, -0.2) is 0 Å². The van der Waals surface area contributed by atoms with Crippen molar-refractivity contribution in [2.75, 3.05) is 16.8 Å². The summed E-state index contributed by atoms with van der Waals surface area (Å²) in [6, 6.07) is 0.539. The van der Waals surface area contributed by atoms with E-state index in [4.69, 9.17) is 5.73 Å². The normalized spacial score (nSPS) is 23.5. The van der Waals surface area contributed by atoms with E-state index in [1.54, 1.807) is 0 Å². The van der Waals surface area contributed by atoms with Crippen LogP contribution in [0.2, 0.25) is 0 Å². The van der Waals surface area contributed by atoms with Gasteiger partial charge in [0.15, 0.2) is 0 Å². The highest BCUT2D eigenvalue weighted by molar-refractivity contribution is 7.99. The fourth-order valence-electron chi connectivity index (χ4n) is 2.71. The highest BCUT2D eigenvalue weighted by atomic mass is 32.2. The molecule has 0 bridgehead atoms. The molecule has 0 spiro atoms. The Morgan fingerprint density at radius 1 is 1.44 bits per heavy atom. The van der Waals surface area contributed by atoms with Crippen molar-refractivity contribution in [3.05, 3.63) is 5.69 Å². The van der Waals surface area contributed by atoms with Crippen molar-refractivity contribution in [2.24, 2.45) is 7.05 Å². The maximum absolute atomic E-state index is 6.16. The number of rotatable bonds is 5. The Balaban J connectivity index is 2.11. The number of nitrogens with zero attached hydrogens (tertiary/aromatic N) is 2. The molecule has 0 saturated heterocycles. The second kappa shape index (κ2) is 5.87. The first-order valence-electron chi connectivity index (χ1n) is 6.86. The van der Waals surface area contributed by atoms with E-state index in [0.29, 0.717) is 6.04 Å². The van der Waals surface area contributed by atoms with Gasteiger partial charge in [0.25, 0.3) is 0 Å². The lowest BCUT2D eigenvalue weighted by Crippen LogP contribution is -2.27. The van der Waals surface area contributed by atoms with Crippen molar-refractivity contribution in [1.29, 1.82) is 0 Å². The predicted octanol–water partition coefficient (Wildman–Crippen LogP) is 2.65. The average Bonchev–Trinajstić information content (AvgIpc) is 2.89. The van der Waals surface area contributed by atoms with Gasteiger partial charge in [-0.15, -0.1) is 0 Å². The molecule has 1 aliphatic rings. The SMILES string of the molecule is CCSC1CCCC1Nc1c(N)c(CC)nn1C. The highest BCUT2D eigenvalue weighted by Crippen LogP contribution is 2.33. The number of anilines is 2. The third-order valence-corrected chi connectivity index (χ3v) is 4.98. The predicted molar refractivity (Wildman–Crippen MR) is 80.2 cm³/mol. The summed E-state index contributed by atoms with van der Waals surface area (Å²) in [7, 11) is 1.97. The van der Waals surface area contributed by atoms with Crippen molar-refractivity contribution >= 4 is 23.3 Å². The molecular formula is C13H24N4S. The molecule has 0 amide bonds. The summed E-state index contributed by atoms with van der Waals surface area (Å²) in [6.07, 6.45) is 4.76. The summed E-state index contributed by atoms with van der Waals surface area (Å²) in [5.74, 6) is 2.18. The van der Waals surface area contributed by atoms with Crippen molar-refractivity contribution in [3.8, 4) is 0 Å². The van der Waals surface area contributed by atoms with Gasteiger partial charge >= 0.3 is 0 Å². The summed E-state index contributed by atoms with van der Waals surface area (Å²) in [5, 5.41) is 8.80. The first-order valence-corrected chi connectivity index (χ1v) is 7.91. The number of hydrogen-bond acceptors (Lipinski definition) is 4. The molecule has 1 aromatic heterocycles. The fourth-order valence-corrected chi connectivity index (χ4v) is 3.91. The summed E-state index contributed by atoms with van der Waals surface area (Å²) in [6.45, 7) is 4.32. The van der Waals surface area contributed by atoms with Crippen LogP contribution < -0.4 is 11.1 Å². The van der Waals surface area contributed by atoms with Crippen LogP contribution in [0.4, 0.5) is 11.5 Å². The van der Waals surface area contributed by atoms with Gasteiger partial charge in [0.1, 0.15) is 5.82 Å². The van der Waals surface area contributed by atoms with Gasteiger partial charge in [-0.3, -0.25) is 4.68 Å². The molecule has 3 N–H and O–H groups in total. The zero-order valence-corrected chi connectivity index (χ0v) is 12.4. The molecule has 18 heavy (non-hydrogen) atoms. The van der Waals surface area contributed by atoms with E-state index in [-0.39, 0.29) is 0 Å². The Morgan fingerprint density at radius 3 is 2.83 bits per heavy atom. The number of hydrogen-bond donors (Lipinski definition) is 2. The third-order valence-electron chi connectivity index (χ3n) is 3.65. The van der Waals surface area contributed by atoms with Gasteiger partial charge in [0.2, 0.25) is 0 Å². The molecule has 0 aromatic carbocycles. The molecule has 0 radical (unpaired) electrons. The van der Waals surface area contributed by atoms with Crippen LogP contribution in [-0.4, -0.2) is 26.8 Å². The molecule has 2 atom stereocenters. The smallest absolute Gasteiger partial charge is 0.148 e. The van der Waals surface area contributed by atoms with Crippen LogP contribution in [0.15, 0.2) is 0 Å². The van der Waals surface area contributed by atoms with Crippen LogP contribution in [0.25, 0.3) is 0 Å². The number of thioether (sulfide) groups is 1. The van der Waals surface area contributed by atoms with E-state index in [9.17, 15) is 0 Å². The van der Waals surface area contributed by atoms with Crippen LogP contribution in [0.1, 0.15) is 38.8 Å². The van der Waals surface area contributed by atoms with Gasteiger partial charge in [-0.1, -0.05) is 20.3 Å². The van der Waals surface area contributed by atoms with Crippen molar-refractivity contribution in [3.63, 3.8) is 0 Å². The van der Waals surface area contributed by atoms with Crippen molar-refractivity contribution in [2.45, 2.75) is 50.8 Å². The molecule has 2 unspecified atom stereocenters. The van der Waals surface area contributed by atoms with E-state index >= 15 is 0 Å². The number of aryl methyl sites for hydroxylation is 2. The lowest BCUT2D eigenvalue weighted by atomic mass is 10.2. The van der Waals surface area contributed by atoms with Crippen LogP contribution in [0.5, 0.6) is 0 Å². The lowest BCUT2D eigenvalue weighted by Gasteiger charge is -2.21. The van der Waals surface area contributed by atoms with Gasteiger partial charge in [-0.05, 0) is 25.0 Å². The number of nitrogen functional groups attached to an aromatic ring is 1. The number of nitrogens with one attached hydrogen (secondary N) is 1. The van der Waals surface area contributed by atoms with Crippen LogP contribution in [0.3, 0.4) is 0 Å². The van der Waals surface area contributed by atoms with Gasteiger partial charge in [0, 0.05) is 18.3 Å². The fraction of sp³-hybridized carbons (Fsp3) is 0.769. The second-order valence-corrected chi connectivity index (χ2v) is 6.38. The van der Waals surface area contributed by atoms with E-state index < -0.39 is 0 Å². The van der Waals surface area contributed by atoms with E-state index in [0.717, 1.165) is 28.9 Å². The summed E-state index contributed by atoms with van der Waals surface area (Å²) in [4.78, 5) is 0. The Bertz CT molecular complexity index is 402. The Labute approximate surface area is 114 Å². The standard InChI is InChI=1S/C13H24N4S/c1-4-9-12(14)13(17(3)16-9)15-10-7-6-8-11(10)18-5-2/h10-11,15H,4-8,14H2,1-3H3. The molecule has 2 rings (SSSR count). The number of nitrogens with two attached hydrogens (primary N) is 1. The maximum Gasteiger partial charge on any atom is 0.148 e. The zero-order chi connectivity index (χ0) is 13.1. The highest BCUT2D eigenvalue weighted by Gasteiger charge is 2.28. The minimum atomic E-state index is 0.539. The topological polar surface area (TPSA) is 55.9 Å². The van der Waals surface area contributed by atoms with Gasteiger partial charge in [0.05, 0.1) is 11.4 Å². The summed E-state index contributed by atoms with van der Waals surface area (Å²) < 4.78 is 1.89. The molecule has 1 heterocycles. The molecule has 1 saturated carbocycles. The summed E-state index contributed by atoms with van der Waals surface area (Å²) in [5.41, 5.74) is 7.98. The quantitative estimate of drug-likeness (QED) is 0.862. The van der Waals surface area contributed by atoms with E-state index in [1.807, 2.05) is 11.7 Å². The largest absolute Gasteiger partial charge is 0.394 e. The minimum absolute atomic E-state index is 0.539. The van der Waals surface area contributed by atoms with Gasteiger partial charge < -0.3 is 11.1 Å². The molecule has 0 aliphatic heterocycles. The van der Waals surface area contributed by atoms with E-state index in [2.05, 4.69) is 36.0 Å². The Morgan fingerprint density at radius 2 is 2.22 bits per heavy atom. The number of aromatic nitrogens is 2. The van der Waals surface area contributed by atoms with Crippen molar-refractivity contribution in [1.82, 2.24) is 9.78 Å².